The van der Waals surface area contributed by atoms with Gasteiger partial charge in [0.05, 0.1) is 0 Å². The second-order valence-corrected chi connectivity index (χ2v) is 7.30. The predicted octanol–water partition coefficient (Wildman–Crippen LogP) is -0.0487. The summed E-state index contributed by atoms with van der Waals surface area (Å²) in [7, 11) is 0. The van der Waals surface area contributed by atoms with Crippen LogP contribution in [0, 0.1) is 6.92 Å². The SMILES string of the molecule is Cc1nccn1-c1ccc(N2CCN(C(=O)CCN3CCC(=O)NC3=O)CC2)nn1. The molecule has 2 saturated heterocycles. The highest BCUT2D eigenvalue weighted by Crippen LogP contribution is 2.15. The van der Waals surface area contributed by atoms with Crippen LogP contribution in [0.15, 0.2) is 24.5 Å². The minimum atomic E-state index is -0.420. The second kappa shape index (κ2) is 8.47. The van der Waals surface area contributed by atoms with Crippen LogP contribution in [-0.4, -0.2) is 86.7 Å². The number of hydrogen-bond donors (Lipinski definition) is 1. The summed E-state index contributed by atoms with van der Waals surface area (Å²) in [6.07, 6.45) is 4.09. The van der Waals surface area contributed by atoms with Crippen molar-refractivity contribution in [3.8, 4) is 5.82 Å². The standard InChI is InChI=1S/C19H24N8O3/c1-14-20-6-9-27(14)16-3-2-15(22-23-16)24-10-12-25(13-11-24)18(29)5-8-26-7-4-17(28)21-19(26)30/h2-3,6,9H,4-5,7-8,10-13H2,1H3,(H,21,28,30). The van der Waals surface area contributed by atoms with Crippen molar-refractivity contribution in [3.05, 3.63) is 30.4 Å². The number of aromatic nitrogens is 4. The van der Waals surface area contributed by atoms with Crippen LogP contribution >= 0.6 is 0 Å². The lowest BCUT2D eigenvalue weighted by Gasteiger charge is -2.35. The Morgan fingerprint density at radius 3 is 2.43 bits per heavy atom. The van der Waals surface area contributed by atoms with Gasteiger partial charge in [0.1, 0.15) is 5.82 Å². The van der Waals surface area contributed by atoms with E-state index in [2.05, 4.69) is 25.4 Å². The van der Waals surface area contributed by atoms with Gasteiger partial charge in [-0.05, 0) is 19.1 Å². The molecular formula is C19H24N8O3. The molecule has 4 rings (SSSR count). The summed E-state index contributed by atoms with van der Waals surface area (Å²) in [6, 6.07) is 3.41. The Kier molecular flexibility index (Phi) is 5.59. The van der Waals surface area contributed by atoms with Crippen LogP contribution in [0.3, 0.4) is 0 Å². The summed E-state index contributed by atoms with van der Waals surface area (Å²) in [4.78, 5) is 45.1. The number of carbonyl (C=O) groups excluding carboxylic acids is 3. The molecule has 0 radical (unpaired) electrons. The molecule has 0 unspecified atom stereocenters. The molecule has 4 heterocycles. The Bertz CT molecular complexity index is 934. The van der Waals surface area contributed by atoms with Gasteiger partial charge in [-0.3, -0.25) is 19.5 Å². The number of nitrogens with one attached hydrogen (secondary N) is 1. The number of nitrogens with zero attached hydrogens (tertiary/aromatic N) is 7. The van der Waals surface area contributed by atoms with E-state index in [1.807, 2.05) is 29.8 Å². The van der Waals surface area contributed by atoms with Crippen LogP contribution in [-0.2, 0) is 9.59 Å². The molecule has 2 aromatic rings. The predicted molar refractivity (Wildman–Crippen MR) is 107 cm³/mol. The Morgan fingerprint density at radius 1 is 1.07 bits per heavy atom. The number of rotatable bonds is 5. The molecule has 0 aliphatic carbocycles. The average molecular weight is 412 g/mol. The largest absolute Gasteiger partial charge is 0.352 e. The van der Waals surface area contributed by atoms with Crippen LogP contribution < -0.4 is 10.2 Å². The number of imide groups is 1. The minimum absolute atomic E-state index is 0.0105. The molecule has 30 heavy (non-hydrogen) atoms. The molecule has 11 nitrogen and oxygen atoms in total. The van der Waals surface area contributed by atoms with E-state index < -0.39 is 6.03 Å². The number of carbonyl (C=O) groups is 3. The molecule has 0 saturated carbocycles. The summed E-state index contributed by atoms with van der Waals surface area (Å²) in [5, 5.41) is 10.9. The van der Waals surface area contributed by atoms with Gasteiger partial charge in [-0.1, -0.05) is 0 Å². The van der Waals surface area contributed by atoms with Gasteiger partial charge in [0.2, 0.25) is 11.8 Å². The highest BCUT2D eigenvalue weighted by atomic mass is 16.2. The van der Waals surface area contributed by atoms with Gasteiger partial charge >= 0.3 is 6.03 Å². The quantitative estimate of drug-likeness (QED) is 0.732. The number of anilines is 1. The monoisotopic (exact) mass is 412 g/mol. The number of hydrogen-bond acceptors (Lipinski definition) is 7. The summed E-state index contributed by atoms with van der Waals surface area (Å²) >= 11 is 0. The molecule has 0 bridgehead atoms. The van der Waals surface area contributed by atoms with Crippen molar-refractivity contribution in [2.45, 2.75) is 19.8 Å². The van der Waals surface area contributed by atoms with Crippen LogP contribution in [0.2, 0.25) is 0 Å². The fourth-order valence-corrected chi connectivity index (χ4v) is 3.62. The number of aryl methyl sites for hydroxylation is 1. The highest BCUT2D eigenvalue weighted by molar-refractivity contribution is 5.96. The van der Waals surface area contributed by atoms with Gasteiger partial charge in [-0.25, -0.2) is 9.78 Å². The summed E-state index contributed by atoms with van der Waals surface area (Å²) in [5.41, 5.74) is 0. The molecule has 2 fully saturated rings. The van der Waals surface area contributed by atoms with Crippen LogP contribution in [0.25, 0.3) is 5.82 Å². The third kappa shape index (κ3) is 4.24. The first-order chi connectivity index (χ1) is 14.5. The molecule has 2 aliphatic rings. The zero-order valence-electron chi connectivity index (χ0n) is 16.8. The van der Waals surface area contributed by atoms with Crippen LogP contribution in [0.5, 0.6) is 0 Å². The number of piperazine rings is 1. The molecule has 158 valence electrons. The van der Waals surface area contributed by atoms with Crippen molar-refractivity contribution in [2.24, 2.45) is 0 Å². The Balaban J connectivity index is 1.26. The normalized spacial score (nSPS) is 17.3. The van der Waals surface area contributed by atoms with Crippen LogP contribution in [0.1, 0.15) is 18.7 Å². The van der Waals surface area contributed by atoms with E-state index in [4.69, 9.17) is 0 Å². The van der Waals surface area contributed by atoms with E-state index >= 15 is 0 Å². The summed E-state index contributed by atoms with van der Waals surface area (Å²) in [6.45, 7) is 5.10. The molecule has 0 atom stereocenters. The van der Waals surface area contributed by atoms with Crippen molar-refractivity contribution in [1.29, 1.82) is 0 Å². The summed E-state index contributed by atoms with van der Waals surface area (Å²) < 4.78 is 1.87. The van der Waals surface area contributed by atoms with Gasteiger partial charge in [0.15, 0.2) is 11.6 Å². The third-order valence-corrected chi connectivity index (χ3v) is 5.40. The van der Waals surface area contributed by atoms with E-state index in [-0.39, 0.29) is 24.7 Å². The summed E-state index contributed by atoms with van der Waals surface area (Å²) in [5.74, 6) is 2.08. The second-order valence-electron chi connectivity index (χ2n) is 7.30. The van der Waals surface area contributed by atoms with E-state index in [1.165, 1.54) is 4.90 Å². The average Bonchev–Trinajstić information content (AvgIpc) is 3.19. The molecule has 2 aliphatic heterocycles. The Morgan fingerprint density at radius 2 is 1.80 bits per heavy atom. The fraction of sp³-hybridized carbons (Fsp3) is 0.474. The van der Waals surface area contributed by atoms with Crippen molar-refractivity contribution < 1.29 is 14.4 Å². The molecule has 2 aromatic heterocycles. The van der Waals surface area contributed by atoms with Crippen molar-refractivity contribution in [1.82, 2.24) is 34.9 Å². The molecular weight excluding hydrogens is 388 g/mol. The van der Waals surface area contributed by atoms with E-state index in [0.717, 1.165) is 11.6 Å². The number of urea groups is 1. The molecule has 0 spiro atoms. The smallest absolute Gasteiger partial charge is 0.324 e. The zero-order chi connectivity index (χ0) is 21.1. The first kappa shape index (κ1) is 19.8. The van der Waals surface area contributed by atoms with E-state index in [0.29, 0.717) is 45.1 Å². The Labute approximate surface area is 173 Å². The maximum Gasteiger partial charge on any atom is 0.324 e. The van der Waals surface area contributed by atoms with Crippen molar-refractivity contribution >= 4 is 23.7 Å². The molecule has 11 heteroatoms. The first-order valence-electron chi connectivity index (χ1n) is 9.97. The first-order valence-corrected chi connectivity index (χ1v) is 9.97. The van der Waals surface area contributed by atoms with Gasteiger partial charge < -0.3 is 14.7 Å². The van der Waals surface area contributed by atoms with Crippen LogP contribution in [0.4, 0.5) is 10.6 Å². The lowest BCUT2D eigenvalue weighted by molar-refractivity contribution is -0.131. The minimum Gasteiger partial charge on any atom is -0.352 e. The molecule has 1 N–H and O–H groups in total. The lowest BCUT2D eigenvalue weighted by Crippen LogP contribution is -2.52. The Hall–Kier alpha value is -3.50. The van der Waals surface area contributed by atoms with Gasteiger partial charge in [0, 0.05) is 64.5 Å². The van der Waals surface area contributed by atoms with Gasteiger partial charge in [-0.15, -0.1) is 10.2 Å². The zero-order valence-corrected chi connectivity index (χ0v) is 16.8. The van der Waals surface area contributed by atoms with Gasteiger partial charge in [0.25, 0.3) is 0 Å². The van der Waals surface area contributed by atoms with E-state index in [1.54, 1.807) is 11.1 Å². The molecule has 4 amide bonds. The maximum absolute atomic E-state index is 12.5. The van der Waals surface area contributed by atoms with Crippen molar-refractivity contribution in [2.75, 3.05) is 44.2 Å². The number of imidazole rings is 1. The number of amides is 4. The fourth-order valence-electron chi connectivity index (χ4n) is 3.62. The maximum atomic E-state index is 12.5. The van der Waals surface area contributed by atoms with Crippen molar-refractivity contribution in [3.63, 3.8) is 0 Å². The van der Waals surface area contributed by atoms with E-state index in [9.17, 15) is 14.4 Å². The topological polar surface area (TPSA) is 117 Å². The third-order valence-electron chi connectivity index (χ3n) is 5.40. The molecule has 0 aromatic carbocycles. The lowest BCUT2D eigenvalue weighted by atomic mass is 10.2. The highest BCUT2D eigenvalue weighted by Gasteiger charge is 2.26. The van der Waals surface area contributed by atoms with Gasteiger partial charge in [-0.2, -0.15) is 0 Å².